The van der Waals surface area contributed by atoms with Crippen molar-refractivity contribution in [3.63, 3.8) is 0 Å². The third-order valence-corrected chi connectivity index (χ3v) is 1.93. The van der Waals surface area contributed by atoms with Crippen molar-refractivity contribution in [1.29, 1.82) is 0 Å². The van der Waals surface area contributed by atoms with Crippen LogP contribution in [0.4, 0.5) is 8.78 Å². The molecule has 5 heteroatoms. The molecule has 0 fully saturated rings. The summed E-state index contributed by atoms with van der Waals surface area (Å²) >= 11 is 0. The number of rotatable bonds is 3. The van der Waals surface area contributed by atoms with Gasteiger partial charge in [0.15, 0.2) is 0 Å². The minimum atomic E-state index is -0.855. The fourth-order valence-electron chi connectivity index (χ4n) is 1.10. The van der Waals surface area contributed by atoms with Crippen LogP contribution in [0.15, 0.2) is 18.2 Å². The Balaban J connectivity index is 3.00. The Labute approximate surface area is 91.0 Å². The molecule has 0 amide bonds. The normalized spacial score (nSPS) is 10.8. The number of hydrogen-bond donors (Lipinski definition) is 1. The molecule has 0 aromatic heterocycles. The van der Waals surface area contributed by atoms with Gasteiger partial charge in [-0.2, -0.15) is 0 Å². The lowest BCUT2D eigenvalue weighted by Crippen LogP contribution is -1.97. The molecule has 1 aromatic rings. The molecule has 0 heterocycles. The van der Waals surface area contributed by atoms with E-state index in [1.54, 1.807) is 0 Å². The van der Waals surface area contributed by atoms with Crippen molar-refractivity contribution in [3.05, 3.63) is 41.0 Å². The quantitative estimate of drug-likeness (QED) is 0.632. The standard InChI is InChI=1S/C11H10F2O3/c1-16-11(15)3-2-7-4-9(12)8(6-14)10(13)5-7/h2-5,14H,6H2,1H3. The highest BCUT2D eigenvalue weighted by Gasteiger charge is 2.08. The number of hydrogen-bond acceptors (Lipinski definition) is 3. The molecule has 1 rings (SSSR count). The first-order valence-corrected chi connectivity index (χ1v) is 4.43. The number of esters is 1. The van der Waals surface area contributed by atoms with E-state index in [-0.39, 0.29) is 5.56 Å². The van der Waals surface area contributed by atoms with Crippen LogP contribution >= 0.6 is 0 Å². The van der Waals surface area contributed by atoms with Crippen LogP contribution in [-0.4, -0.2) is 18.2 Å². The largest absolute Gasteiger partial charge is 0.466 e. The first kappa shape index (κ1) is 12.3. The minimum absolute atomic E-state index is 0.178. The zero-order chi connectivity index (χ0) is 12.1. The lowest BCUT2D eigenvalue weighted by Gasteiger charge is -2.02. The maximum absolute atomic E-state index is 13.2. The SMILES string of the molecule is COC(=O)C=Cc1cc(F)c(CO)c(F)c1. The van der Waals surface area contributed by atoms with E-state index >= 15 is 0 Å². The smallest absolute Gasteiger partial charge is 0.330 e. The monoisotopic (exact) mass is 228 g/mol. The number of carbonyl (C=O) groups is 1. The summed E-state index contributed by atoms with van der Waals surface area (Å²) in [6, 6.07) is 2.04. The molecule has 0 atom stereocenters. The van der Waals surface area contributed by atoms with Gasteiger partial charge in [0.2, 0.25) is 0 Å². The molecule has 0 bridgehead atoms. The summed E-state index contributed by atoms with van der Waals surface area (Å²) in [6.45, 7) is -0.710. The summed E-state index contributed by atoms with van der Waals surface area (Å²) in [5, 5.41) is 8.67. The maximum Gasteiger partial charge on any atom is 0.330 e. The van der Waals surface area contributed by atoms with Crippen LogP contribution in [0.1, 0.15) is 11.1 Å². The Morgan fingerprint density at radius 1 is 1.44 bits per heavy atom. The van der Waals surface area contributed by atoms with Gasteiger partial charge in [-0.1, -0.05) is 0 Å². The summed E-state index contributed by atoms with van der Waals surface area (Å²) in [5.41, 5.74) is -0.215. The van der Waals surface area contributed by atoms with Crippen molar-refractivity contribution in [3.8, 4) is 0 Å². The molecule has 1 N–H and O–H groups in total. The molecular weight excluding hydrogens is 218 g/mol. The topological polar surface area (TPSA) is 46.5 Å². The molecular formula is C11H10F2O3. The highest BCUT2D eigenvalue weighted by molar-refractivity contribution is 5.86. The third-order valence-electron chi connectivity index (χ3n) is 1.93. The van der Waals surface area contributed by atoms with Gasteiger partial charge in [0, 0.05) is 11.6 Å². The Bertz CT molecular complexity index is 404. The Hall–Kier alpha value is -1.75. The van der Waals surface area contributed by atoms with E-state index in [0.717, 1.165) is 18.2 Å². The number of benzene rings is 1. The van der Waals surface area contributed by atoms with Gasteiger partial charge in [-0.3, -0.25) is 0 Å². The van der Waals surface area contributed by atoms with Gasteiger partial charge in [-0.05, 0) is 23.8 Å². The maximum atomic E-state index is 13.2. The highest BCUT2D eigenvalue weighted by atomic mass is 19.1. The summed E-state index contributed by atoms with van der Waals surface area (Å²) < 4.78 is 30.7. The minimum Gasteiger partial charge on any atom is -0.466 e. The summed E-state index contributed by atoms with van der Waals surface area (Å²) in [4.78, 5) is 10.7. The van der Waals surface area contributed by atoms with E-state index in [4.69, 9.17) is 5.11 Å². The Kier molecular flexibility index (Phi) is 4.13. The van der Waals surface area contributed by atoms with Crippen molar-refractivity contribution in [2.24, 2.45) is 0 Å². The molecule has 0 aliphatic carbocycles. The number of methoxy groups -OCH3 is 1. The second-order valence-corrected chi connectivity index (χ2v) is 2.98. The first-order chi connectivity index (χ1) is 7.58. The lowest BCUT2D eigenvalue weighted by molar-refractivity contribution is -0.134. The second-order valence-electron chi connectivity index (χ2n) is 2.98. The van der Waals surface area contributed by atoms with Gasteiger partial charge in [0.05, 0.1) is 13.7 Å². The number of ether oxygens (including phenoxy) is 1. The first-order valence-electron chi connectivity index (χ1n) is 4.43. The van der Waals surface area contributed by atoms with Gasteiger partial charge < -0.3 is 9.84 Å². The van der Waals surface area contributed by atoms with E-state index in [2.05, 4.69) is 4.74 Å². The van der Waals surface area contributed by atoms with Crippen LogP contribution in [0.25, 0.3) is 6.08 Å². The van der Waals surface area contributed by atoms with Crippen molar-refractivity contribution < 1.29 is 23.4 Å². The molecule has 0 aliphatic rings. The number of aliphatic hydroxyl groups excluding tert-OH is 1. The van der Waals surface area contributed by atoms with Gasteiger partial charge >= 0.3 is 5.97 Å². The van der Waals surface area contributed by atoms with Crippen molar-refractivity contribution >= 4 is 12.0 Å². The van der Waals surface area contributed by atoms with E-state index < -0.39 is 29.8 Å². The zero-order valence-corrected chi connectivity index (χ0v) is 8.54. The summed E-state index contributed by atoms with van der Waals surface area (Å²) in [6.07, 6.45) is 2.27. The molecule has 0 saturated carbocycles. The van der Waals surface area contributed by atoms with E-state index in [9.17, 15) is 13.6 Å². The molecule has 0 aliphatic heterocycles. The molecule has 3 nitrogen and oxygen atoms in total. The van der Waals surface area contributed by atoms with E-state index in [1.165, 1.54) is 13.2 Å². The molecule has 0 unspecified atom stereocenters. The zero-order valence-electron chi connectivity index (χ0n) is 8.54. The van der Waals surface area contributed by atoms with Gasteiger partial charge in [-0.15, -0.1) is 0 Å². The lowest BCUT2D eigenvalue weighted by atomic mass is 10.1. The van der Waals surface area contributed by atoms with Crippen LogP contribution in [0.5, 0.6) is 0 Å². The van der Waals surface area contributed by atoms with E-state index in [1.807, 2.05) is 0 Å². The number of carbonyl (C=O) groups excluding carboxylic acids is 1. The predicted molar refractivity (Wildman–Crippen MR) is 53.3 cm³/mol. The average molecular weight is 228 g/mol. The summed E-state index contributed by atoms with van der Waals surface area (Å²) in [7, 11) is 1.20. The third kappa shape index (κ3) is 2.87. The van der Waals surface area contributed by atoms with Crippen LogP contribution in [-0.2, 0) is 16.1 Å². The van der Waals surface area contributed by atoms with Crippen LogP contribution in [0, 0.1) is 11.6 Å². The molecule has 0 saturated heterocycles. The predicted octanol–water partition coefficient (Wildman–Crippen LogP) is 1.64. The molecule has 0 radical (unpaired) electrons. The Morgan fingerprint density at radius 2 is 2.00 bits per heavy atom. The van der Waals surface area contributed by atoms with Crippen LogP contribution < -0.4 is 0 Å². The van der Waals surface area contributed by atoms with Crippen molar-refractivity contribution in [2.45, 2.75) is 6.61 Å². The van der Waals surface area contributed by atoms with Crippen molar-refractivity contribution in [1.82, 2.24) is 0 Å². The van der Waals surface area contributed by atoms with Gasteiger partial charge in [-0.25, -0.2) is 13.6 Å². The Morgan fingerprint density at radius 3 is 2.44 bits per heavy atom. The van der Waals surface area contributed by atoms with Gasteiger partial charge in [0.1, 0.15) is 11.6 Å². The average Bonchev–Trinajstić information content (AvgIpc) is 2.25. The van der Waals surface area contributed by atoms with Gasteiger partial charge in [0.25, 0.3) is 0 Å². The molecule has 86 valence electrons. The second kappa shape index (κ2) is 5.37. The fraction of sp³-hybridized carbons (Fsp3) is 0.182. The molecule has 0 spiro atoms. The van der Waals surface area contributed by atoms with Crippen molar-refractivity contribution in [2.75, 3.05) is 7.11 Å². The number of aliphatic hydroxyl groups is 1. The fourth-order valence-corrected chi connectivity index (χ4v) is 1.10. The number of halogens is 2. The van der Waals surface area contributed by atoms with E-state index in [0.29, 0.717) is 0 Å². The summed E-state index contributed by atoms with van der Waals surface area (Å²) in [5.74, 6) is -2.33. The van der Waals surface area contributed by atoms with Crippen LogP contribution in [0.3, 0.4) is 0 Å². The molecule has 1 aromatic carbocycles. The molecule has 16 heavy (non-hydrogen) atoms. The van der Waals surface area contributed by atoms with Crippen LogP contribution in [0.2, 0.25) is 0 Å². The highest BCUT2D eigenvalue weighted by Crippen LogP contribution is 2.16.